The zero-order valence-electron chi connectivity index (χ0n) is 14.2. The number of benzene rings is 2. The van der Waals surface area contributed by atoms with Crippen molar-refractivity contribution in [3.63, 3.8) is 0 Å². The van der Waals surface area contributed by atoms with Crippen LogP contribution in [0, 0.1) is 0 Å². The van der Waals surface area contributed by atoms with Gasteiger partial charge in [0, 0.05) is 6.54 Å². The second kappa shape index (κ2) is 10.2. The lowest BCUT2D eigenvalue weighted by Crippen LogP contribution is -2.37. The molecule has 26 heavy (non-hydrogen) atoms. The molecule has 6 nitrogen and oxygen atoms in total. The average molecular weight is 399 g/mol. The minimum absolute atomic E-state index is 0.0344. The van der Waals surface area contributed by atoms with Crippen LogP contribution in [0.15, 0.2) is 42.5 Å². The molecule has 2 rings (SSSR count). The Balaban J connectivity index is 1.68. The number of nitrogens with one attached hydrogen (secondary N) is 2. The number of ether oxygens (including phenoxy) is 2. The molecule has 0 bridgehead atoms. The number of carbonyl (C=O) groups excluding carboxylic acids is 1. The molecule has 0 saturated heterocycles. The molecule has 0 spiro atoms. The number of halogens is 2. The van der Waals surface area contributed by atoms with E-state index in [2.05, 4.69) is 10.6 Å². The van der Waals surface area contributed by atoms with Crippen molar-refractivity contribution in [2.24, 2.45) is 0 Å². The summed E-state index contributed by atoms with van der Waals surface area (Å²) in [5.74, 6) is 0.767. The van der Waals surface area contributed by atoms with Crippen LogP contribution in [0.25, 0.3) is 0 Å². The molecule has 140 valence electrons. The predicted molar refractivity (Wildman–Crippen MR) is 102 cm³/mol. The molecule has 3 N–H and O–H groups in total. The van der Waals surface area contributed by atoms with Crippen molar-refractivity contribution in [3.05, 3.63) is 58.1 Å². The molecule has 0 saturated carbocycles. The van der Waals surface area contributed by atoms with Gasteiger partial charge in [0.2, 0.25) is 0 Å². The van der Waals surface area contributed by atoms with Crippen LogP contribution in [0.3, 0.4) is 0 Å². The summed E-state index contributed by atoms with van der Waals surface area (Å²) in [4.78, 5) is 11.8. The van der Waals surface area contributed by atoms with Gasteiger partial charge in [-0.05, 0) is 29.8 Å². The van der Waals surface area contributed by atoms with E-state index in [0.29, 0.717) is 17.3 Å². The molecule has 0 heterocycles. The number of urea groups is 1. The number of anilines is 1. The third kappa shape index (κ3) is 6.38. The fraction of sp³-hybridized carbons (Fsp3) is 0.278. The Hall–Kier alpha value is -1.99. The molecule has 0 fully saturated rings. The summed E-state index contributed by atoms with van der Waals surface area (Å²) in [7, 11) is 1.60. The monoisotopic (exact) mass is 398 g/mol. The van der Waals surface area contributed by atoms with Crippen molar-refractivity contribution < 1.29 is 19.4 Å². The highest BCUT2D eigenvalue weighted by Crippen LogP contribution is 2.29. The summed E-state index contributed by atoms with van der Waals surface area (Å²) in [6.45, 7) is 0.474. The Morgan fingerprint density at radius 3 is 2.62 bits per heavy atom. The summed E-state index contributed by atoms with van der Waals surface area (Å²) < 4.78 is 10.5. The number of aliphatic hydroxyl groups excluding tert-OH is 1. The lowest BCUT2D eigenvalue weighted by Gasteiger charge is -2.14. The minimum Gasteiger partial charge on any atom is -0.497 e. The second-order valence-electron chi connectivity index (χ2n) is 5.45. The SMILES string of the molecule is COc1ccc(COCC(O)CNC(=O)Nc2cccc(Cl)c2Cl)cc1. The molecule has 1 unspecified atom stereocenters. The van der Waals surface area contributed by atoms with Crippen molar-refractivity contribution >= 4 is 34.9 Å². The summed E-state index contributed by atoms with van der Waals surface area (Å²) in [6, 6.07) is 11.9. The molecule has 0 aliphatic carbocycles. The number of amides is 2. The molecule has 1 atom stereocenters. The number of carbonyl (C=O) groups is 1. The van der Waals surface area contributed by atoms with Gasteiger partial charge in [-0.1, -0.05) is 41.4 Å². The van der Waals surface area contributed by atoms with Crippen LogP contribution >= 0.6 is 23.2 Å². The molecule has 0 aliphatic rings. The van der Waals surface area contributed by atoms with Gasteiger partial charge in [0.15, 0.2) is 0 Å². The number of hydrogen-bond acceptors (Lipinski definition) is 4. The average Bonchev–Trinajstić information content (AvgIpc) is 2.64. The number of hydrogen-bond donors (Lipinski definition) is 3. The summed E-state index contributed by atoms with van der Waals surface area (Å²) in [5.41, 5.74) is 1.35. The Morgan fingerprint density at radius 1 is 1.19 bits per heavy atom. The summed E-state index contributed by atoms with van der Waals surface area (Å²) in [5, 5.41) is 15.6. The molecule has 0 aromatic heterocycles. The van der Waals surface area contributed by atoms with E-state index in [0.717, 1.165) is 11.3 Å². The Morgan fingerprint density at radius 2 is 1.92 bits per heavy atom. The molecule has 2 aromatic carbocycles. The van der Waals surface area contributed by atoms with Gasteiger partial charge in [-0.15, -0.1) is 0 Å². The van der Waals surface area contributed by atoms with E-state index in [4.69, 9.17) is 32.7 Å². The maximum Gasteiger partial charge on any atom is 0.319 e. The van der Waals surface area contributed by atoms with E-state index >= 15 is 0 Å². The molecular formula is C18H20Cl2N2O4. The van der Waals surface area contributed by atoms with Crippen LogP contribution in [-0.2, 0) is 11.3 Å². The van der Waals surface area contributed by atoms with E-state index in [-0.39, 0.29) is 18.2 Å². The fourth-order valence-electron chi connectivity index (χ4n) is 2.07. The largest absolute Gasteiger partial charge is 0.497 e. The molecule has 2 aromatic rings. The van der Waals surface area contributed by atoms with Gasteiger partial charge in [-0.25, -0.2) is 4.79 Å². The van der Waals surface area contributed by atoms with Crippen molar-refractivity contribution in [1.29, 1.82) is 0 Å². The van der Waals surface area contributed by atoms with Crippen molar-refractivity contribution in [3.8, 4) is 5.75 Å². The Kier molecular flexibility index (Phi) is 8.00. The maximum absolute atomic E-state index is 11.8. The topological polar surface area (TPSA) is 79.8 Å². The standard InChI is InChI=1S/C18H20Cl2N2O4/c1-25-14-7-5-12(6-8-14)10-26-11-13(23)9-21-18(24)22-16-4-2-3-15(19)17(16)20/h2-8,13,23H,9-11H2,1H3,(H2,21,22,24). The highest BCUT2D eigenvalue weighted by atomic mass is 35.5. The van der Waals surface area contributed by atoms with Crippen LogP contribution in [0.5, 0.6) is 5.75 Å². The van der Waals surface area contributed by atoms with Gasteiger partial charge >= 0.3 is 6.03 Å². The van der Waals surface area contributed by atoms with E-state index in [1.807, 2.05) is 24.3 Å². The van der Waals surface area contributed by atoms with Crippen molar-refractivity contribution in [2.45, 2.75) is 12.7 Å². The van der Waals surface area contributed by atoms with Crippen LogP contribution in [-0.4, -0.2) is 37.5 Å². The predicted octanol–water partition coefficient (Wildman–Crippen LogP) is 3.70. The zero-order valence-corrected chi connectivity index (χ0v) is 15.7. The third-order valence-corrected chi connectivity index (χ3v) is 4.25. The Labute approximate surface area is 162 Å². The summed E-state index contributed by atoms with van der Waals surface area (Å²) >= 11 is 11.9. The van der Waals surface area contributed by atoms with E-state index in [1.54, 1.807) is 25.3 Å². The maximum atomic E-state index is 11.8. The van der Waals surface area contributed by atoms with Gasteiger partial charge in [-0.3, -0.25) is 0 Å². The van der Waals surface area contributed by atoms with Gasteiger partial charge in [0.1, 0.15) is 5.75 Å². The lowest BCUT2D eigenvalue weighted by molar-refractivity contribution is 0.0302. The van der Waals surface area contributed by atoms with Crippen LogP contribution in [0.2, 0.25) is 10.0 Å². The first kappa shape index (κ1) is 20.3. The van der Waals surface area contributed by atoms with Crippen molar-refractivity contribution in [1.82, 2.24) is 5.32 Å². The van der Waals surface area contributed by atoms with Crippen LogP contribution < -0.4 is 15.4 Å². The summed E-state index contributed by atoms with van der Waals surface area (Å²) in [6.07, 6.45) is -0.839. The van der Waals surface area contributed by atoms with Gasteiger partial charge < -0.3 is 25.2 Å². The second-order valence-corrected chi connectivity index (χ2v) is 6.24. The van der Waals surface area contributed by atoms with Gasteiger partial charge in [-0.2, -0.15) is 0 Å². The number of aliphatic hydroxyl groups is 1. The molecule has 2 amide bonds. The van der Waals surface area contributed by atoms with E-state index in [9.17, 15) is 9.90 Å². The minimum atomic E-state index is -0.839. The molecule has 0 radical (unpaired) electrons. The smallest absolute Gasteiger partial charge is 0.319 e. The van der Waals surface area contributed by atoms with Gasteiger partial charge in [0.25, 0.3) is 0 Å². The normalized spacial score (nSPS) is 11.7. The highest BCUT2D eigenvalue weighted by molar-refractivity contribution is 6.43. The first-order chi connectivity index (χ1) is 12.5. The quantitative estimate of drug-likeness (QED) is 0.633. The third-order valence-electron chi connectivity index (χ3n) is 3.44. The van der Waals surface area contributed by atoms with Crippen LogP contribution in [0.1, 0.15) is 5.56 Å². The zero-order chi connectivity index (χ0) is 18.9. The number of rotatable bonds is 8. The van der Waals surface area contributed by atoms with E-state index in [1.165, 1.54) is 0 Å². The van der Waals surface area contributed by atoms with Crippen molar-refractivity contribution in [2.75, 3.05) is 25.6 Å². The van der Waals surface area contributed by atoms with E-state index < -0.39 is 12.1 Å². The number of methoxy groups -OCH3 is 1. The lowest BCUT2D eigenvalue weighted by atomic mass is 10.2. The molecule has 8 heteroatoms. The fourth-order valence-corrected chi connectivity index (χ4v) is 2.42. The van der Waals surface area contributed by atoms with Gasteiger partial charge in [0.05, 0.1) is 42.2 Å². The Bertz CT molecular complexity index is 726. The molecule has 0 aliphatic heterocycles. The highest BCUT2D eigenvalue weighted by Gasteiger charge is 2.10. The first-order valence-corrected chi connectivity index (χ1v) is 8.62. The van der Waals surface area contributed by atoms with Crippen LogP contribution in [0.4, 0.5) is 10.5 Å². The molecular weight excluding hydrogens is 379 g/mol. The first-order valence-electron chi connectivity index (χ1n) is 7.87.